The summed E-state index contributed by atoms with van der Waals surface area (Å²) in [6, 6.07) is 19.5. The summed E-state index contributed by atoms with van der Waals surface area (Å²) in [6.45, 7) is 1.24. The van der Waals surface area contributed by atoms with Crippen LogP contribution >= 0.6 is 0 Å². The number of carbonyl (C=O) groups excluding carboxylic acids is 3. The molecule has 0 bridgehead atoms. The van der Waals surface area contributed by atoms with Gasteiger partial charge in [0.25, 0.3) is 11.8 Å². The molecule has 8 nitrogen and oxygen atoms in total. The van der Waals surface area contributed by atoms with E-state index in [-0.39, 0.29) is 17.7 Å². The zero-order valence-corrected chi connectivity index (χ0v) is 20.9. The number of rotatable bonds is 7. The highest BCUT2D eigenvalue weighted by molar-refractivity contribution is 6.11. The molecule has 3 amide bonds. The third kappa shape index (κ3) is 4.87. The average Bonchev–Trinajstić information content (AvgIpc) is 3.41. The smallest absolute Gasteiger partial charge is 0.256 e. The van der Waals surface area contributed by atoms with Crippen molar-refractivity contribution in [3.8, 4) is 11.5 Å². The molecule has 3 aromatic carbocycles. The van der Waals surface area contributed by atoms with Crippen LogP contribution in [0.25, 0.3) is 0 Å². The zero-order valence-electron chi connectivity index (χ0n) is 20.9. The number of methoxy groups -OCH3 is 2. The summed E-state index contributed by atoms with van der Waals surface area (Å²) in [6.07, 6.45) is 1.50. The predicted octanol–water partition coefficient (Wildman–Crippen LogP) is 3.79. The Bertz CT molecular complexity index is 1320. The van der Waals surface area contributed by atoms with Gasteiger partial charge in [-0.15, -0.1) is 0 Å². The number of amides is 3. The van der Waals surface area contributed by atoms with Gasteiger partial charge in [-0.2, -0.15) is 0 Å². The minimum absolute atomic E-state index is 0.0636. The van der Waals surface area contributed by atoms with Gasteiger partial charge in [-0.3, -0.25) is 14.4 Å². The first-order valence-electron chi connectivity index (χ1n) is 12.3. The van der Waals surface area contributed by atoms with Crippen LogP contribution in [0.5, 0.6) is 11.5 Å². The molecule has 5 rings (SSSR count). The summed E-state index contributed by atoms with van der Waals surface area (Å²) in [4.78, 5) is 42.8. The molecule has 0 radical (unpaired) electrons. The molecule has 0 saturated carbocycles. The summed E-state index contributed by atoms with van der Waals surface area (Å²) in [5.41, 5.74) is 3.41. The van der Waals surface area contributed by atoms with Crippen LogP contribution in [0.2, 0.25) is 0 Å². The standard InChI is InChI=1S/C29H29N3O5/c1-36-22-14-20(15-23(16-22)37-2)17-30-27(33)21-11-9-19(10-12-21)18-32-25-7-4-3-6-24(25)28(34)31-13-5-8-26(31)29(32)35/h3-4,6-7,9-12,14-16,26H,5,8,13,17-18H2,1-2H3,(H,30,33). The number of nitrogens with zero attached hydrogens (tertiary/aromatic N) is 2. The number of carbonyl (C=O) groups is 3. The number of hydrogen-bond acceptors (Lipinski definition) is 5. The molecule has 2 heterocycles. The van der Waals surface area contributed by atoms with E-state index >= 15 is 0 Å². The minimum atomic E-state index is -0.430. The van der Waals surface area contributed by atoms with Crippen LogP contribution < -0.4 is 19.7 Å². The second kappa shape index (κ2) is 10.3. The number of ether oxygens (including phenoxy) is 2. The monoisotopic (exact) mass is 499 g/mol. The SMILES string of the molecule is COc1cc(CNC(=O)c2ccc(CN3C(=O)C4CCCN4C(=O)c4ccccc43)cc2)cc(OC)c1. The lowest BCUT2D eigenvalue weighted by Crippen LogP contribution is -2.44. The highest BCUT2D eigenvalue weighted by Gasteiger charge is 2.41. The van der Waals surface area contributed by atoms with Gasteiger partial charge in [-0.25, -0.2) is 0 Å². The van der Waals surface area contributed by atoms with Gasteiger partial charge >= 0.3 is 0 Å². The van der Waals surface area contributed by atoms with Crippen molar-refractivity contribution in [2.24, 2.45) is 0 Å². The van der Waals surface area contributed by atoms with Crippen LogP contribution in [-0.4, -0.2) is 49.4 Å². The molecule has 0 spiro atoms. The Balaban J connectivity index is 1.30. The summed E-state index contributed by atoms with van der Waals surface area (Å²) in [5.74, 6) is 0.942. The van der Waals surface area contributed by atoms with Crippen molar-refractivity contribution in [2.75, 3.05) is 25.7 Å². The summed E-state index contributed by atoms with van der Waals surface area (Å²) >= 11 is 0. The number of anilines is 1. The van der Waals surface area contributed by atoms with Gasteiger partial charge < -0.3 is 24.6 Å². The van der Waals surface area contributed by atoms with Crippen LogP contribution in [0.4, 0.5) is 5.69 Å². The van der Waals surface area contributed by atoms with Crippen molar-refractivity contribution in [1.82, 2.24) is 10.2 Å². The maximum absolute atomic E-state index is 13.5. The first-order chi connectivity index (χ1) is 18.0. The fourth-order valence-corrected chi connectivity index (χ4v) is 4.97. The van der Waals surface area contributed by atoms with E-state index in [0.29, 0.717) is 54.4 Å². The Morgan fingerprint density at radius 1 is 0.946 bits per heavy atom. The summed E-state index contributed by atoms with van der Waals surface area (Å²) in [5, 5.41) is 2.92. The van der Waals surface area contributed by atoms with Gasteiger partial charge in [0.15, 0.2) is 0 Å². The third-order valence-electron chi connectivity index (χ3n) is 6.91. The Morgan fingerprint density at radius 3 is 2.35 bits per heavy atom. The van der Waals surface area contributed by atoms with Crippen LogP contribution in [0.3, 0.4) is 0 Å². The molecule has 1 saturated heterocycles. The zero-order chi connectivity index (χ0) is 25.9. The van der Waals surface area contributed by atoms with E-state index in [4.69, 9.17) is 9.47 Å². The van der Waals surface area contributed by atoms with Gasteiger partial charge in [0, 0.05) is 24.7 Å². The first kappa shape index (κ1) is 24.4. The van der Waals surface area contributed by atoms with Gasteiger partial charge in [-0.05, 0) is 60.4 Å². The lowest BCUT2D eigenvalue weighted by Gasteiger charge is -2.26. The fourth-order valence-electron chi connectivity index (χ4n) is 4.97. The molecule has 1 fully saturated rings. The minimum Gasteiger partial charge on any atom is -0.497 e. The lowest BCUT2D eigenvalue weighted by molar-refractivity contribution is -0.122. The third-order valence-corrected chi connectivity index (χ3v) is 6.91. The molecule has 0 aliphatic carbocycles. The second-order valence-corrected chi connectivity index (χ2v) is 9.20. The van der Waals surface area contributed by atoms with E-state index in [2.05, 4.69) is 5.32 Å². The Hall–Kier alpha value is -4.33. The van der Waals surface area contributed by atoms with Crippen LogP contribution in [-0.2, 0) is 17.9 Å². The highest BCUT2D eigenvalue weighted by Crippen LogP contribution is 2.33. The average molecular weight is 500 g/mol. The Morgan fingerprint density at radius 2 is 1.65 bits per heavy atom. The normalized spacial score (nSPS) is 16.6. The largest absolute Gasteiger partial charge is 0.497 e. The van der Waals surface area contributed by atoms with Gasteiger partial charge in [0.2, 0.25) is 5.91 Å². The number of fused-ring (bicyclic) bond motifs is 2. The number of nitrogens with one attached hydrogen (secondary N) is 1. The van der Waals surface area contributed by atoms with Crippen molar-refractivity contribution in [3.05, 3.63) is 89.0 Å². The van der Waals surface area contributed by atoms with E-state index in [1.165, 1.54) is 0 Å². The van der Waals surface area contributed by atoms with Crippen molar-refractivity contribution < 1.29 is 23.9 Å². The van der Waals surface area contributed by atoms with Crippen LogP contribution in [0, 0.1) is 0 Å². The van der Waals surface area contributed by atoms with E-state index in [1.807, 2.05) is 42.5 Å². The molecular formula is C29H29N3O5. The first-order valence-corrected chi connectivity index (χ1v) is 12.3. The summed E-state index contributed by atoms with van der Waals surface area (Å²) < 4.78 is 10.6. The summed E-state index contributed by atoms with van der Waals surface area (Å²) in [7, 11) is 3.16. The van der Waals surface area contributed by atoms with Gasteiger partial charge in [0.05, 0.1) is 32.0 Å². The number of benzene rings is 3. The molecule has 2 aliphatic rings. The molecule has 2 aliphatic heterocycles. The molecule has 0 aromatic heterocycles. The molecule has 1 unspecified atom stereocenters. The van der Waals surface area contributed by atoms with Gasteiger partial charge in [0.1, 0.15) is 17.5 Å². The molecule has 37 heavy (non-hydrogen) atoms. The van der Waals surface area contributed by atoms with E-state index < -0.39 is 6.04 Å². The number of para-hydroxylation sites is 1. The Kier molecular flexibility index (Phi) is 6.81. The number of hydrogen-bond donors (Lipinski definition) is 1. The molecule has 1 atom stereocenters. The fraction of sp³-hybridized carbons (Fsp3) is 0.276. The van der Waals surface area contributed by atoms with E-state index in [9.17, 15) is 14.4 Å². The molecule has 1 N–H and O–H groups in total. The maximum Gasteiger partial charge on any atom is 0.256 e. The molecular weight excluding hydrogens is 470 g/mol. The molecule has 190 valence electrons. The Labute approximate surface area is 215 Å². The van der Waals surface area contributed by atoms with Crippen molar-refractivity contribution in [1.29, 1.82) is 0 Å². The van der Waals surface area contributed by atoms with Crippen molar-refractivity contribution in [2.45, 2.75) is 32.0 Å². The predicted molar refractivity (Wildman–Crippen MR) is 139 cm³/mol. The van der Waals surface area contributed by atoms with E-state index in [0.717, 1.165) is 17.5 Å². The van der Waals surface area contributed by atoms with E-state index in [1.54, 1.807) is 48.3 Å². The molecule has 3 aromatic rings. The highest BCUT2D eigenvalue weighted by atomic mass is 16.5. The van der Waals surface area contributed by atoms with Crippen LogP contribution in [0.1, 0.15) is 44.7 Å². The molecule has 8 heteroatoms. The van der Waals surface area contributed by atoms with Gasteiger partial charge in [-0.1, -0.05) is 24.3 Å². The lowest BCUT2D eigenvalue weighted by atomic mass is 10.1. The topological polar surface area (TPSA) is 88.2 Å². The second-order valence-electron chi connectivity index (χ2n) is 9.20. The van der Waals surface area contributed by atoms with Crippen molar-refractivity contribution in [3.63, 3.8) is 0 Å². The maximum atomic E-state index is 13.5. The quantitative estimate of drug-likeness (QED) is 0.535. The van der Waals surface area contributed by atoms with Crippen molar-refractivity contribution >= 4 is 23.4 Å². The van der Waals surface area contributed by atoms with Crippen LogP contribution in [0.15, 0.2) is 66.7 Å².